The summed E-state index contributed by atoms with van der Waals surface area (Å²) in [6.45, 7) is 2.50. The van der Waals surface area contributed by atoms with Crippen LogP contribution in [0.4, 0.5) is 0 Å². The first-order chi connectivity index (χ1) is 13.2. The molecule has 0 aliphatic carbocycles. The summed E-state index contributed by atoms with van der Waals surface area (Å²) in [6, 6.07) is 8.99. The molecule has 136 valence electrons. The molecule has 0 spiro atoms. The van der Waals surface area contributed by atoms with Gasteiger partial charge in [0, 0.05) is 42.7 Å². The zero-order valence-corrected chi connectivity index (χ0v) is 14.8. The molecule has 7 heteroatoms. The van der Waals surface area contributed by atoms with Crippen LogP contribution in [0.3, 0.4) is 0 Å². The van der Waals surface area contributed by atoms with E-state index in [-0.39, 0.29) is 12.7 Å². The summed E-state index contributed by atoms with van der Waals surface area (Å²) in [7, 11) is 0. The molecule has 1 aliphatic heterocycles. The van der Waals surface area contributed by atoms with Gasteiger partial charge in [0.2, 0.25) is 6.79 Å². The predicted octanol–water partition coefficient (Wildman–Crippen LogP) is 2.55. The summed E-state index contributed by atoms with van der Waals surface area (Å²) in [6.07, 6.45) is 5.88. The number of amides is 1. The number of nitrogens with zero attached hydrogens (tertiary/aromatic N) is 3. The second-order valence-electron chi connectivity index (χ2n) is 6.09. The number of ether oxygens (including phenoxy) is 2. The SMILES string of the molecule is Cc1ncc(-c2ccncc2)c(CCNC(=O)c2ccc3c(c2)OCO3)n1. The van der Waals surface area contributed by atoms with Crippen molar-refractivity contribution >= 4 is 5.91 Å². The average Bonchev–Trinajstić information content (AvgIpc) is 3.16. The van der Waals surface area contributed by atoms with Crippen molar-refractivity contribution in [2.75, 3.05) is 13.3 Å². The van der Waals surface area contributed by atoms with E-state index in [0.29, 0.717) is 35.9 Å². The van der Waals surface area contributed by atoms with Crippen molar-refractivity contribution in [3.63, 3.8) is 0 Å². The zero-order chi connectivity index (χ0) is 18.6. The minimum atomic E-state index is -0.162. The fourth-order valence-corrected chi connectivity index (χ4v) is 2.91. The maximum absolute atomic E-state index is 12.4. The number of rotatable bonds is 5. The summed E-state index contributed by atoms with van der Waals surface area (Å²) >= 11 is 0. The van der Waals surface area contributed by atoms with Crippen LogP contribution in [0.5, 0.6) is 11.5 Å². The van der Waals surface area contributed by atoms with Crippen molar-refractivity contribution in [3.05, 3.63) is 66.0 Å². The number of aromatic nitrogens is 3. The molecule has 1 aromatic carbocycles. The van der Waals surface area contributed by atoms with E-state index in [0.717, 1.165) is 16.8 Å². The molecule has 3 aromatic rings. The molecule has 7 nitrogen and oxygen atoms in total. The monoisotopic (exact) mass is 362 g/mol. The lowest BCUT2D eigenvalue weighted by atomic mass is 10.1. The van der Waals surface area contributed by atoms with E-state index in [1.807, 2.05) is 25.3 Å². The van der Waals surface area contributed by atoms with E-state index in [4.69, 9.17) is 9.47 Å². The Hall–Kier alpha value is -3.48. The number of carbonyl (C=O) groups is 1. The Kier molecular flexibility index (Phi) is 4.65. The highest BCUT2D eigenvalue weighted by Crippen LogP contribution is 2.32. The molecule has 0 saturated heterocycles. The second kappa shape index (κ2) is 7.41. The smallest absolute Gasteiger partial charge is 0.251 e. The van der Waals surface area contributed by atoms with Crippen LogP contribution in [0.15, 0.2) is 48.9 Å². The first-order valence-corrected chi connectivity index (χ1v) is 8.61. The molecule has 1 N–H and O–H groups in total. The van der Waals surface area contributed by atoms with Crippen molar-refractivity contribution in [2.24, 2.45) is 0 Å². The van der Waals surface area contributed by atoms with Gasteiger partial charge in [-0.25, -0.2) is 9.97 Å². The number of hydrogen-bond acceptors (Lipinski definition) is 6. The van der Waals surface area contributed by atoms with E-state index in [1.165, 1.54) is 0 Å². The number of hydrogen-bond donors (Lipinski definition) is 1. The van der Waals surface area contributed by atoms with Crippen LogP contribution in [0.25, 0.3) is 11.1 Å². The summed E-state index contributed by atoms with van der Waals surface area (Å²) in [5.41, 5.74) is 3.37. The van der Waals surface area contributed by atoms with Crippen molar-refractivity contribution in [1.29, 1.82) is 0 Å². The molecule has 2 aromatic heterocycles. The fraction of sp³-hybridized carbons (Fsp3) is 0.200. The lowest BCUT2D eigenvalue weighted by Gasteiger charge is -2.10. The maximum Gasteiger partial charge on any atom is 0.251 e. The molecule has 3 heterocycles. The standard InChI is InChI=1S/C20H18N4O3/c1-13-23-11-16(14-4-7-21-8-5-14)17(24-13)6-9-22-20(25)15-2-3-18-19(10-15)27-12-26-18/h2-5,7-8,10-11H,6,9,12H2,1H3,(H,22,25). The molecule has 4 rings (SSSR count). The van der Waals surface area contributed by atoms with E-state index < -0.39 is 0 Å². The normalized spacial score (nSPS) is 12.0. The Bertz CT molecular complexity index is 976. The highest BCUT2D eigenvalue weighted by Gasteiger charge is 2.16. The van der Waals surface area contributed by atoms with E-state index >= 15 is 0 Å². The molecule has 0 saturated carbocycles. The zero-order valence-electron chi connectivity index (χ0n) is 14.8. The van der Waals surface area contributed by atoms with Gasteiger partial charge in [0.1, 0.15) is 5.82 Å². The highest BCUT2D eigenvalue weighted by atomic mass is 16.7. The van der Waals surface area contributed by atoms with Crippen LogP contribution < -0.4 is 14.8 Å². The van der Waals surface area contributed by atoms with Gasteiger partial charge in [-0.05, 0) is 42.8 Å². The third-order valence-electron chi connectivity index (χ3n) is 4.26. The van der Waals surface area contributed by atoms with Gasteiger partial charge in [0.15, 0.2) is 11.5 Å². The topological polar surface area (TPSA) is 86.2 Å². The number of pyridine rings is 1. The lowest BCUT2D eigenvalue weighted by molar-refractivity contribution is 0.0953. The molecule has 0 unspecified atom stereocenters. The van der Waals surface area contributed by atoms with Crippen molar-refractivity contribution < 1.29 is 14.3 Å². The molecular formula is C20H18N4O3. The molecule has 0 atom stereocenters. The average molecular weight is 362 g/mol. The van der Waals surface area contributed by atoms with Crippen molar-refractivity contribution in [2.45, 2.75) is 13.3 Å². The van der Waals surface area contributed by atoms with Crippen LogP contribution in [-0.2, 0) is 6.42 Å². The van der Waals surface area contributed by atoms with E-state index in [1.54, 1.807) is 30.6 Å². The van der Waals surface area contributed by atoms with Crippen LogP contribution in [-0.4, -0.2) is 34.2 Å². The summed E-state index contributed by atoms with van der Waals surface area (Å²) in [5, 5.41) is 2.93. The van der Waals surface area contributed by atoms with Crippen LogP contribution in [0.1, 0.15) is 21.9 Å². The first-order valence-electron chi connectivity index (χ1n) is 8.61. The summed E-state index contributed by atoms with van der Waals surface area (Å²) in [5.74, 6) is 1.79. The number of aryl methyl sites for hydroxylation is 1. The molecule has 0 radical (unpaired) electrons. The molecule has 1 amide bonds. The minimum absolute atomic E-state index is 0.162. The van der Waals surface area contributed by atoms with Crippen LogP contribution in [0.2, 0.25) is 0 Å². The molecule has 0 bridgehead atoms. The third kappa shape index (κ3) is 3.72. The van der Waals surface area contributed by atoms with Gasteiger partial charge in [-0.1, -0.05) is 0 Å². The molecular weight excluding hydrogens is 344 g/mol. The van der Waals surface area contributed by atoms with E-state index in [2.05, 4.69) is 20.3 Å². The summed E-state index contributed by atoms with van der Waals surface area (Å²) in [4.78, 5) is 25.3. The van der Waals surface area contributed by atoms with Crippen LogP contribution >= 0.6 is 0 Å². The highest BCUT2D eigenvalue weighted by molar-refractivity contribution is 5.94. The van der Waals surface area contributed by atoms with Crippen molar-refractivity contribution in [1.82, 2.24) is 20.3 Å². The number of carbonyl (C=O) groups excluding carboxylic acids is 1. The van der Waals surface area contributed by atoms with Gasteiger partial charge in [0.05, 0.1) is 5.69 Å². The molecule has 1 aliphatic rings. The minimum Gasteiger partial charge on any atom is -0.454 e. The predicted molar refractivity (Wildman–Crippen MR) is 98.6 cm³/mol. The van der Waals surface area contributed by atoms with Gasteiger partial charge in [0.25, 0.3) is 5.91 Å². The molecule has 0 fully saturated rings. The Morgan fingerprint density at radius 3 is 2.81 bits per heavy atom. The molecule has 27 heavy (non-hydrogen) atoms. The van der Waals surface area contributed by atoms with Gasteiger partial charge in [-0.2, -0.15) is 0 Å². The Balaban J connectivity index is 1.45. The Morgan fingerprint density at radius 2 is 1.96 bits per heavy atom. The number of nitrogens with one attached hydrogen (secondary N) is 1. The third-order valence-corrected chi connectivity index (χ3v) is 4.26. The van der Waals surface area contributed by atoms with Crippen LogP contribution in [0, 0.1) is 6.92 Å². The van der Waals surface area contributed by atoms with Gasteiger partial charge in [-0.15, -0.1) is 0 Å². The van der Waals surface area contributed by atoms with E-state index in [9.17, 15) is 4.79 Å². The Morgan fingerprint density at radius 1 is 1.15 bits per heavy atom. The first kappa shape index (κ1) is 17.0. The second-order valence-corrected chi connectivity index (χ2v) is 6.09. The number of fused-ring (bicyclic) bond motifs is 1. The summed E-state index contributed by atoms with van der Waals surface area (Å²) < 4.78 is 10.6. The number of benzene rings is 1. The van der Waals surface area contributed by atoms with Gasteiger partial charge >= 0.3 is 0 Å². The largest absolute Gasteiger partial charge is 0.454 e. The maximum atomic E-state index is 12.4. The lowest BCUT2D eigenvalue weighted by Crippen LogP contribution is -2.26. The van der Waals surface area contributed by atoms with Gasteiger partial charge < -0.3 is 14.8 Å². The fourth-order valence-electron chi connectivity index (χ4n) is 2.91. The van der Waals surface area contributed by atoms with Crippen molar-refractivity contribution in [3.8, 4) is 22.6 Å². The Labute approximate surface area is 156 Å². The quantitative estimate of drug-likeness (QED) is 0.751. The van der Waals surface area contributed by atoms with Gasteiger partial charge in [-0.3, -0.25) is 9.78 Å².